The highest BCUT2D eigenvalue weighted by Gasteiger charge is 2.34. The van der Waals surface area contributed by atoms with Crippen LogP contribution in [0.4, 0.5) is 10.2 Å². The molecule has 2 aromatic rings. The van der Waals surface area contributed by atoms with Crippen LogP contribution >= 0.6 is 0 Å². The predicted octanol–water partition coefficient (Wildman–Crippen LogP) is 4.19. The van der Waals surface area contributed by atoms with Crippen molar-refractivity contribution < 1.29 is 23.0 Å². The molecular weight excluding hydrogens is 462 g/mol. The topological polar surface area (TPSA) is 90.6 Å². The molecule has 10 heteroatoms. The molecule has 0 spiro atoms. The predicted molar refractivity (Wildman–Crippen MR) is 138 cm³/mol. The van der Waals surface area contributed by atoms with Crippen LogP contribution in [-0.2, 0) is 25.9 Å². The van der Waals surface area contributed by atoms with Crippen LogP contribution in [0.1, 0.15) is 72.0 Å². The van der Waals surface area contributed by atoms with Gasteiger partial charge in [0.15, 0.2) is 5.82 Å². The number of carbonyl (C=O) groups is 1. The number of unbranched alkanes of at least 4 members (excludes halogenated alkanes) is 2. The summed E-state index contributed by atoms with van der Waals surface area (Å²) in [6, 6.07) is 3.62. The van der Waals surface area contributed by atoms with E-state index >= 15 is 0 Å². The number of nitrogens with zero attached hydrogens (tertiary/aromatic N) is 4. The van der Waals surface area contributed by atoms with E-state index in [4.69, 9.17) is 13.8 Å². The summed E-state index contributed by atoms with van der Waals surface area (Å²) in [5.41, 5.74) is 0.780. The molecule has 0 bridgehead atoms. The maximum atomic E-state index is 13.1. The summed E-state index contributed by atoms with van der Waals surface area (Å²) >= 11 is 0. The van der Waals surface area contributed by atoms with Gasteiger partial charge in [0.25, 0.3) is 5.91 Å². The Bertz CT molecular complexity index is 1030. The molecule has 0 atom stereocenters. The summed E-state index contributed by atoms with van der Waals surface area (Å²) in [5, 5.41) is 4.07. The van der Waals surface area contributed by atoms with Crippen LogP contribution in [0.5, 0.6) is 0 Å². The second-order valence-electron chi connectivity index (χ2n) is 11.1. The number of alkyl halides is 1. The van der Waals surface area contributed by atoms with Crippen LogP contribution in [0.3, 0.4) is 0 Å². The number of anilines is 1. The van der Waals surface area contributed by atoms with E-state index in [0.29, 0.717) is 43.7 Å². The average molecular weight is 500 g/mol. The zero-order chi connectivity index (χ0) is 26.3. The fourth-order valence-corrected chi connectivity index (χ4v) is 3.74. The van der Waals surface area contributed by atoms with Gasteiger partial charge in [-0.1, -0.05) is 52.8 Å². The van der Waals surface area contributed by atoms with Crippen molar-refractivity contribution in [3.8, 4) is 0 Å². The number of aromatic nitrogens is 3. The lowest BCUT2D eigenvalue weighted by Crippen LogP contribution is -2.47. The number of pyridine rings is 1. The van der Waals surface area contributed by atoms with E-state index in [1.165, 1.54) is 0 Å². The minimum absolute atomic E-state index is 0.00705. The molecule has 3 rings (SSSR count). The molecule has 1 amide bonds. The normalized spacial score (nSPS) is 15.7. The van der Waals surface area contributed by atoms with Gasteiger partial charge in [0, 0.05) is 55.2 Å². The zero-order valence-corrected chi connectivity index (χ0v) is 22.2. The molecule has 0 aliphatic carbocycles. The smallest absolute Gasteiger partial charge is 0.407 e. The first kappa shape index (κ1) is 28.0. The highest BCUT2D eigenvalue weighted by atomic mass is 19.1. The van der Waals surface area contributed by atoms with Gasteiger partial charge < -0.3 is 13.8 Å². The molecule has 0 unspecified atom stereocenters. The minimum Gasteiger partial charge on any atom is -0.407 e. The first-order valence-electron chi connectivity index (χ1n) is 12.6. The van der Waals surface area contributed by atoms with Crippen LogP contribution in [0, 0.1) is 5.41 Å². The summed E-state index contributed by atoms with van der Waals surface area (Å²) in [4.78, 5) is 23.6. The van der Waals surface area contributed by atoms with Crippen LogP contribution in [-0.4, -0.2) is 54.6 Å². The third-order valence-corrected chi connectivity index (χ3v) is 5.90. The monoisotopic (exact) mass is 500 g/mol. The Morgan fingerprint density at radius 2 is 1.94 bits per heavy atom. The van der Waals surface area contributed by atoms with Gasteiger partial charge in [-0.3, -0.25) is 14.1 Å². The van der Waals surface area contributed by atoms with Crippen molar-refractivity contribution in [1.29, 1.82) is 0 Å². The molecule has 8 nitrogen and oxygen atoms in total. The zero-order valence-electron chi connectivity index (χ0n) is 22.2. The van der Waals surface area contributed by atoms with Crippen LogP contribution < -0.4 is 10.4 Å². The van der Waals surface area contributed by atoms with Crippen molar-refractivity contribution in [1.82, 2.24) is 15.1 Å². The lowest BCUT2D eigenvalue weighted by atomic mass is 9.76. The Morgan fingerprint density at radius 1 is 1.22 bits per heavy atom. The van der Waals surface area contributed by atoms with Gasteiger partial charge in [0.05, 0.1) is 6.67 Å². The second-order valence-corrected chi connectivity index (χ2v) is 11.1. The van der Waals surface area contributed by atoms with E-state index in [-0.39, 0.29) is 28.7 Å². The summed E-state index contributed by atoms with van der Waals surface area (Å²) in [7, 11) is -0.515. The Kier molecular flexibility index (Phi) is 9.41. The molecule has 1 aliphatic rings. The Labute approximate surface area is 213 Å². The van der Waals surface area contributed by atoms with E-state index in [9.17, 15) is 9.18 Å². The fraction of sp³-hybridized carbons (Fsp3) is 0.615. The van der Waals surface area contributed by atoms with E-state index in [1.807, 2.05) is 26.8 Å². The van der Waals surface area contributed by atoms with Crippen LogP contribution in [0.2, 0.25) is 0 Å². The molecule has 3 heterocycles. The maximum Gasteiger partial charge on any atom is 0.494 e. The first-order chi connectivity index (χ1) is 17.0. The van der Waals surface area contributed by atoms with Gasteiger partial charge in [-0.25, -0.2) is 4.98 Å². The van der Waals surface area contributed by atoms with E-state index in [2.05, 4.69) is 35.6 Å². The van der Waals surface area contributed by atoms with Gasteiger partial charge >= 0.3 is 7.12 Å². The Balaban J connectivity index is 1.63. The lowest BCUT2D eigenvalue weighted by Gasteiger charge is -2.33. The second kappa shape index (κ2) is 12.1. The SMILES string of the molecule is C=C(CCF)C(=O)N(CCCCCc1noc(C(C)(C)C)n1)c1cc(B2OCC(C)(C)CO2)ccn1. The quantitative estimate of drug-likeness (QED) is 0.260. The van der Waals surface area contributed by atoms with E-state index < -0.39 is 13.8 Å². The average Bonchev–Trinajstić information content (AvgIpc) is 3.31. The highest BCUT2D eigenvalue weighted by Crippen LogP contribution is 2.23. The number of rotatable bonds is 11. The summed E-state index contributed by atoms with van der Waals surface area (Å²) in [6.07, 6.45) is 4.76. The van der Waals surface area contributed by atoms with Crippen molar-refractivity contribution in [3.05, 3.63) is 42.2 Å². The van der Waals surface area contributed by atoms with Crippen molar-refractivity contribution in [3.63, 3.8) is 0 Å². The number of hydrogen-bond donors (Lipinski definition) is 0. The molecule has 36 heavy (non-hydrogen) atoms. The van der Waals surface area contributed by atoms with Gasteiger partial charge in [0.2, 0.25) is 5.89 Å². The van der Waals surface area contributed by atoms with Crippen LogP contribution in [0.15, 0.2) is 35.0 Å². The number of hydrogen-bond acceptors (Lipinski definition) is 7. The van der Waals surface area contributed by atoms with Gasteiger partial charge in [0.1, 0.15) is 5.82 Å². The maximum absolute atomic E-state index is 13.1. The van der Waals surface area contributed by atoms with E-state index in [0.717, 1.165) is 24.7 Å². The van der Waals surface area contributed by atoms with Gasteiger partial charge in [-0.05, 0) is 30.4 Å². The fourth-order valence-electron chi connectivity index (χ4n) is 3.74. The standard InChI is InChI=1S/C26H38BFN4O4/c1-19(11-13-28)23(33)32(15-9-7-8-10-21-30-24(36-31-21)25(2,3)4)22-16-20(12-14-29-22)27-34-17-26(5,6)18-35-27/h12,14,16H,1,7-11,13,15,17-18H2,2-6H3. The highest BCUT2D eigenvalue weighted by molar-refractivity contribution is 6.61. The molecule has 0 N–H and O–H groups in total. The van der Waals surface area contributed by atoms with Crippen molar-refractivity contribution in [2.24, 2.45) is 5.41 Å². The van der Waals surface area contributed by atoms with Crippen molar-refractivity contribution in [2.75, 3.05) is 31.3 Å². The summed E-state index contributed by atoms with van der Waals surface area (Å²) in [5.74, 6) is 1.47. The third kappa shape index (κ3) is 7.70. The molecule has 0 aromatic carbocycles. The molecule has 2 aromatic heterocycles. The van der Waals surface area contributed by atoms with Gasteiger partial charge in [-0.15, -0.1) is 0 Å². The molecule has 1 fully saturated rings. The third-order valence-electron chi connectivity index (χ3n) is 5.90. The number of halogens is 1. The van der Waals surface area contributed by atoms with E-state index in [1.54, 1.807) is 17.2 Å². The molecule has 1 aliphatic heterocycles. The van der Waals surface area contributed by atoms with Crippen molar-refractivity contribution >= 4 is 24.3 Å². The molecule has 196 valence electrons. The van der Waals surface area contributed by atoms with Crippen LogP contribution in [0.25, 0.3) is 0 Å². The first-order valence-corrected chi connectivity index (χ1v) is 12.6. The number of aryl methyl sites for hydroxylation is 1. The summed E-state index contributed by atoms with van der Waals surface area (Å²) in [6.45, 7) is 15.0. The summed E-state index contributed by atoms with van der Waals surface area (Å²) < 4.78 is 30.1. The molecule has 0 radical (unpaired) electrons. The lowest BCUT2D eigenvalue weighted by molar-refractivity contribution is -0.115. The largest absolute Gasteiger partial charge is 0.494 e. The Hall–Kier alpha value is -2.59. The number of amides is 1. The minimum atomic E-state index is -0.632. The molecular formula is C26H38BFN4O4. The van der Waals surface area contributed by atoms with Gasteiger partial charge in [-0.2, -0.15) is 4.98 Å². The molecule has 0 saturated carbocycles. The molecule has 1 saturated heterocycles. The number of carbonyl (C=O) groups excluding carboxylic acids is 1. The van der Waals surface area contributed by atoms with Crippen molar-refractivity contribution in [2.45, 2.75) is 72.1 Å². The Morgan fingerprint density at radius 3 is 2.58 bits per heavy atom.